The van der Waals surface area contributed by atoms with Gasteiger partial charge in [0.2, 0.25) is 0 Å². The minimum atomic E-state index is -0.126. The van der Waals surface area contributed by atoms with E-state index < -0.39 is 0 Å². The van der Waals surface area contributed by atoms with Gasteiger partial charge in [-0.15, -0.1) is 0 Å². The number of hydrogen-bond acceptors (Lipinski definition) is 2. The van der Waals surface area contributed by atoms with Gasteiger partial charge in [0.05, 0.1) is 11.4 Å². The summed E-state index contributed by atoms with van der Waals surface area (Å²) in [5.41, 5.74) is 7.85. The molecule has 0 aliphatic carbocycles. The lowest BCUT2D eigenvalue weighted by molar-refractivity contribution is 0.586. The summed E-state index contributed by atoms with van der Waals surface area (Å²) in [5.74, 6) is 0.868. The normalized spacial score (nSPS) is 14.4. The maximum atomic E-state index is 5.08. The highest BCUT2D eigenvalue weighted by atomic mass is 15.0. The summed E-state index contributed by atoms with van der Waals surface area (Å²) in [6, 6.07) is 16.9. The molecule has 128 valence electrons. The Balaban J connectivity index is 2.37. The van der Waals surface area contributed by atoms with Crippen LogP contribution >= 0.6 is 0 Å². The van der Waals surface area contributed by atoms with Crippen LogP contribution in [0.15, 0.2) is 64.1 Å². The topological polar surface area (TPSA) is 24.7 Å². The average molecular weight is 330 g/mol. The van der Waals surface area contributed by atoms with Gasteiger partial charge < -0.3 is 0 Å². The molecule has 0 atom stereocenters. The lowest BCUT2D eigenvalue weighted by Crippen LogP contribution is -2.20. The van der Waals surface area contributed by atoms with Gasteiger partial charge in [0.15, 0.2) is 0 Å². The third-order valence-corrected chi connectivity index (χ3v) is 4.32. The fraction of sp³-hybridized carbons (Fsp3) is 0.304. The molecule has 0 N–H and O–H groups in total. The van der Waals surface area contributed by atoms with Crippen LogP contribution < -0.4 is 0 Å². The van der Waals surface area contributed by atoms with Crippen molar-refractivity contribution in [2.75, 3.05) is 0 Å². The van der Waals surface area contributed by atoms with Gasteiger partial charge in [-0.1, -0.05) is 68.3 Å². The predicted octanol–water partition coefficient (Wildman–Crippen LogP) is 6.37. The monoisotopic (exact) mass is 330 g/mol. The molecule has 0 saturated heterocycles. The number of hydrogen-bond donors (Lipinski definition) is 0. The van der Waals surface area contributed by atoms with Crippen molar-refractivity contribution in [2.45, 2.75) is 41.5 Å². The fourth-order valence-electron chi connectivity index (χ4n) is 3.05. The van der Waals surface area contributed by atoms with Crippen molar-refractivity contribution < 1.29 is 0 Å². The Kier molecular flexibility index (Phi) is 4.47. The minimum Gasteiger partial charge on any atom is -0.232 e. The summed E-state index contributed by atoms with van der Waals surface area (Å²) in [6.07, 6.45) is 0. The summed E-state index contributed by atoms with van der Waals surface area (Å²) in [4.78, 5) is 10.0. The zero-order chi connectivity index (χ0) is 18.2. The first kappa shape index (κ1) is 17.3. The molecule has 0 saturated carbocycles. The summed E-state index contributed by atoms with van der Waals surface area (Å²) in [7, 11) is 0. The number of aryl methyl sites for hydroxylation is 1. The number of amidine groups is 1. The van der Waals surface area contributed by atoms with Crippen LogP contribution in [0.2, 0.25) is 0 Å². The minimum absolute atomic E-state index is 0.126. The predicted molar refractivity (Wildman–Crippen MR) is 109 cm³/mol. The van der Waals surface area contributed by atoms with Gasteiger partial charge in [0.1, 0.15) is 5.84 Å². The molecular weight excluding hydrogens is 304 g/mol. The fourth-order valence-corrected chi connectivity index (χ4v) is 3.05. The van der Waals surface area contributed by atoms with Crippen molar-refractivity contribution in [3.05, 3.63) is 70.8 Å². The molecule has 2 aromatic carbocycles. The van der Waals surface area contributed by atoms with Crippen LogP contribution in [0.3, 0.4) is 0 Å². The van der Waals surface area contributed by atoms with E-state index in [1.54, 1.807) is 0 Å². The summed E-state index contributed by atoms with van der Waals surface area (Å²) in [6.45, 7) is 12.9. The van der Waals surface area contributed by atoms with E-state index in [0.29, 0.717) is 0 Å². The van der Waals surface area contributed by atoms with Crippen LogP contribution in [0.25, 0.3) is 5.57 Å². The average Bonchev–Trinajstić information content (AvgIpc) is 2.71. The van der Waals surface area contributed by atoms with E-state index in [2.05, 4.69) is 84.0 Å². The molecule has 0 spiro atoms. The van der Waals surface area contributed by atoms with Crippen LogP contribution in [0.4, 0.5) is 5.69 Å². The summed E-state index contributed by atoms with van der Waals surface area (Å²) < 4.78 is 0. The summed E-state index contributed by atoms with van der Waals surface area (Å²) in [5, 5.41) is 0. The van der Waals surface area contributed by atoms with Crippen molar-refractivity contribution in [3.8, 4) is 0 Å². The molecule has 1 aliphatic heterocycles. The molecule has 0 amide bonds. The van der Waals surface area contributed by atoms with Gasteiger partial charge in [0, 0.05) is 22.1 Å². The van der Waals surface area contributed by atoms with E-state index in [9.17, 15) is 0 Å². The Morgan fingerprint density at radius 3 is 2.24 bits per heavy atom. The number of allylic oxidation sites excluding steroid dienone is 2. The molecule has 0 bridgehead atoms. The molecule has 3 rings (SSSR count). The highest BCUT2D eigenvalue weighted by Gasteiger charge is 2.26. The molecule has 2 heteroatoms. The second-order valence-electron chi connectivity index (χ2n) is 7.91. The van der Waals surface area contributed by atoms with E-state index >= 15 is 0 Å². The molecule has 25 heavy (non-hydrogen) atoms. The number of benzene rings is 2. The van der Waals surface area contributed by atoms with Crippen LogP contribution in [0.1, 0.15) is 51.3 Å². The molecule has 1 heterocycles. The summed E-state index contributed by atoms with van der Waals surface area (Å²) >= 11 is 0. The Labute approximate surface area is 151 Å². The van der Waals surface area contributed by atoms with Crippen LogP contribution in [-0.4, -0.2) is 11.5 Å². The maximum Gasteiger partial charge on any atom is 0.135 e. The number of rotatable bonds is 1. The lowest BCUT2D eigenvalue weighted by Gasteiger charge is -2.18. The SMILES string of the molecule is CC(C)=C1C(c2cccc(C)c2)=NC(C(C)(C)C)=Nc2ccccc21. The van der Waals surface area contributed by atoms with E-state index in [4.69, 9.17) is 9.98 Å². The Hall–Kier alpha value is -2.48. The molecule has 0 fully saturated rings. The van der Waals surface area contributed by atoms with Crippen LogP contribution in [0, 0.1) is 12.3 Å². The molecule has 0 aromatic heterocycles. The quantitative estimate of drug-likeness (QED) is 0.580. The standard InChI is InChI=1S/C23H26N2/c1-15(2)20-18-12-7-8-13-19(18)24-22(23(4,5)6)25-21(20)17-11-9-10-16(3)14-17/h7-14H,1-6H3. The molecule has 0 unspecified atom stereocenters. The van der Waals surface area contributed by atoms with Gasteiger partial charge in [-0.25, -0.2) is 9.98 Å². The third kappa shape index (κ3) is 3.48. The smallest absolute Gasteiger partial charge is 0.135 e. The second-order valence-corrected chi connectivity index (χ2v) is 7.91. The zero-order valence-corrected chi connectivity index (χ0v) is 16.0. The number of fused-ring (bicyclic) bond motifs is 1. The first-order valence-corrected chi connectivity index (χ1v) is 8.79. The van der Waals surface area contributed by atoms with Crippen LogP contribution in [0.5, 0.6) is 0 Å². The van der Waals surface area contributed by atoms with Gasteiger partial charge in [0.25, 0.3) is 0 Å². The third-order valence-electron chi connectivity index (χ3n) is 4.32. The second kappa shape index (κ2) is 6.44. The highest BCUT2D eigenvalue weighted by molar-refractivity contribution is 6.36. The maximum absolute atomic E-state index is 5.08. The van der Waals surface area contributed by atoms with Gasteiger partial charge in [-0.3, -0.25) is 0 Å². The molecule has 0 radical (unpaired) electrons. The Bertz CT molecular complexity index is 902. The van der Waals surface area contributed by atoms with E-state index in [1.165, 1.54) is 16.7 Å². The van der Waals surface area contributed by atoms with Crippen molar-refractivity contribution in [1.82, 2.24) is 0 Å². The number of nitrogens with zero attached hydrogens (tertiary/aromatic N) is 2. The number of aliphatic imine (C=N–C) groups is 2. The molecule has 2 nitrogen and oxygen atoms in total. The van der Waals surface area contributed by atoms with E-state index in [0.717, 1.165) is 28.4 Å². The van der Waals surface area contributed by atoms with Crippen molar-refractivity contribution in [1.29, 1.82) is 0 Å². The zero-order valence-electron chi connectivity index (χ0n) is 16.0. The van der Waals surface area contributed by atoms with Gasteiger partial charge in [-0.2, -0.15) is 0 Å². The van der Waals surface area contributed by atoms with Crippen molar-refractivity contribution >= 4 is 22.8 Å². The molecular formula is C23H26N2. The van der Waals surface area contributed by atoms with Gasteiger partial charge >= 0.3 is 0 Å². The van der Waals surface area contributed by atoms with Crippen LogP contribution in [-0.2, 0) is 0 Å². The van der Waals surface area contributed by atoms with E-state index in [1.807, 2.05) is 6.07 Å². The van der Waals surface area contributed by atoms with Crippen molar-refractivity contribution in [3.63, 3.8) is 0 Å². The van der Waals surface area contributed by atoms with E-state index in [-0.39, 0.29) is 5.41 Å². The molecule has 1 aliphatic rings. The van der Waals surface area contributed by atoms with Gasteiger partial charge in [-0.05, 0) is 32.9 Å². The number of para-hydroxylation sites is 1. The largest absolute Gasteiger partial charge is 0.232 e. The Morgan fingerprint density at radius 1 is 0.880 bits per heavy atom. The van der Waals surface area contributed by atoms with Crippen molar-refractivity contribution in [2.24, 2.45) is 15.4 Å². The highest BCUT2D eigenvalue weighted by Crippen LogP contribution is 2.36. The first-order chi connectivity index (χ1) is 11.8. The lowest BCUT2D eigenvalue weighted by atomic mass is 9.91. The Morgan fingerprint density at radius 2 is 1.60 bits per heavy atom. The molecule has 2 aromatic rings. The first-order valence-electron chi connectivity index (χ1n) is 8.79.